The molecule has 1 spiro atoms. The Balaban J connectivity index is 2.08. The second-order valence-electron chi connectivity index (χ2n) is 2.99. The molecular formula is C7H11N. The van der Waals surface area contributed by atoms with Gasteiger partial charge in [-0.1, -0.05) is 6.08 Å². The van der Waals surface area contributed by atoms with Gasteiger partial charge in [-0.05, 0) is 30.9 Å². The lowest BCUT2D eigenvalue weighted by Gasteiger charge is -2.16. The predicted octanol–water partition coefficient (Wildman–Crippen LogP) is 1.27. The van der Waals surface area contributed by atoms with E-state index >= 15 is 0 Å². The van der Waals surface area contributed by atoms with Crippen molar-refractivity contribution in [2.75, 3.05) is 6.54 Å². The van der Waals surface area contributed by atoms with Gasteiger partial charge in [0.1, 0.15) is 0 Å². The SMILES string of the molecule is C1=CNCC2(C1)CC2. The van der Waals surface area contributed by atoms with Crippen LogP contribution in [0.25, 0.3) is 0 Å². The fourth-order valence-corrected chi connectivity index (χ4v) is 1.30. The maximum atomic E-state index is 3.26. The summed E-state index contributed by atoms with van der Waals surface area (Å²) in [5, 5.41) is 3.26. The van der Waals surface area contributed by atoms with Crippen LogP contribution in [-0.4, -0.2) is 6.54 Å². The summed E-state index contributed by atoms with van der Waals surface area (Å²) in [5.41, 5.74) is 0.731. The Morgan fingerprint density at radius 3 is 2.62 bits per heavy atom. The number of hydrogen-bond acceptors (Lipinski definition) is 1. The highest BCUT2D eigenvalue weighted by atomic mass is 14.9. The molecule has 44 valence electrons. The minimum atomic E-state index is 0.731. The van der Waals surface area contributed by atoms with Crippen LogP contribution in [0, 0.1) is 5.41 Å². The third-order valence-electron chi connectivity index (χ3n) is 2.22. The van der Waals surface area contributed by atoms with Crippen molar-refractivity contribution in [3.8, 4) is 0 Å². The summed E-state index contributed by atoms with van der Waals surface area (Å²) >= 11 is 0. The van der Waals surface area contributed by atoms with E-state index in [4.69, 9.17) is 0 Å². The summed E-state index contributed by atoms with van der Waals surface area (Å²) in [6, 6.07) is 0. The second-order valence-corrected chi connectivity index (χ2v) is 2.99. The topological polar surface area (TPSA) is 12.0 Å². The molecule has 1 saturated carbocycles. The fraction of sp³-hybridized carbons (Fsp3) is 0.714. The van der Waals surface area contributed by atoms with Crippen molar-refractivity contribution in [3.63, 3.8) is 0 Å². The van der Waals surface area contributed by atoms with E-state index in [2.05, 4.69) is 17.6 Å². The van der Waals surface area contributed by atoms with Gasteiger partial charge in [-0.2, -0.15) is 0 Å². The van der Waals surface area contributed by atoms with Crippen molar-refractivity contribution >= 4 is 0 Å². The highest BCUT2D eigenvalue weighted by Crippen LogP contribution is 2.49. The van der Waals surface area contributed by atoms with Gasteiger partial charge >= 0.3 is 0 Å². The van der Waals surface area contributed by atoms with Crippen LogP contribution in [-0.2, 0) is 0 Å². The van der Waals surface area contributed by atoms with E-state index in [1.807, 2.05) is 0 Å². The highest BCUT2D eigenvalue weighted by molar-refractivity contribution is 5.05. The molecule has 0 amide bonds. The molecule has 1 fully saturated rings. The van der Waals surface area contributed by atoms with E-state index in [9.17, 15) is 0 Å². The molecule has 0 saturated heterocycles. The molecule has 1 nitrogen and oxygen atoms in total. The molecule has 8 heavy (non-hydrogen) atoms. The Morgan fingerprint density at radius 1 is 1.38 bits per heavy atom. The molecule has 1 N–H and O–H groups in total. The first-order chi connectivity index (χ1) is 3.91. The van der Waals surface area contributed by atoms with Crippen LogP contribution >= 0.6 is 0 Å². The number of rotatable bonds is 0. The average Bonchev–Trinajstić information content (AvgIpc) is 2.52. The number of hydrogen-bond donors (Lipinski definition) is 1. The van der Waals surface area contributed by atoms with Gasteiger partial charge in [-0.3, -0.25) is 0 Å². The summed E-state index contributed by atoms with van der Waals surface area (Å²) in [5.74, 6) is 0. The normalized spacial score (nSPS) is 30.0. The van der Waals surface area contributed by atoms with Crippen LogP contribution < -0.4 is 5.32 Å². The Kier molecular flexibility index (Phi) is 0.706. The zero-order valence-corrected chi connectivity index (χ0v) is 4.98. The van der Waals surface area contributed by atoms with E-state index in [1.165, 1.54) is 25.8 Å². The summed E-state index contributed by atoms with van der Waals surface area (Å²) in [6.45, 7) is 1.23. The fourth-order valence-electron chi connectivity index (χ4n) is 1.30. The van der Waals surface area contributed by atoms with Crippen LogP contribution in [0.4, 0.5) is 0 Å². The molecule has 1 heteroatoms. The Labute approximate surface area is 49.8 Å². The minimum Gasteiger partial charge on any atom is -0.391 e. The van der Waals surface area contributed by atoms with Gasteiger partial charge in [0, 0.05) is 6.54 Å². The second kappa shape index (κ2) is 1.28. The summed E-state index contributed by atoms with van der Waals surface area (Å²) < 4.78 is 0. The standard InChI is InChI=1S/C7H11N/c1-2-7(3-4-7)6-8-5-1/h1,5,8H,2-4,6H2. The Hall–Kier alpha value is -0.460. The van der Waals surface area contributed by atoms with Gasteiger partial charge in [0.2, 0.25) is 0 Å². The van der Waals surface area contributed by atoms with Crippen LogP contribution in [0.2, 0.25) is 0 Å². The largest absolute Gasteiger partial charge is 0.391 e. The molecule has 1 heterocycles. The van der Waals surface area contributed by atoms with Crippen LogP contribution in [0.5, 0.6) is 0 Å². The van der Waals surface area contributed by atoms with Gasteiger partial charge in [-0.15, -0.1) is 0 Å². The highest BCUT2D eigenvalue weighted by Gasteiger charge is 2.41. The summed E-state index contributed by atoms with van der Waals surface area (Å²) in [4.78, 5) is 0. The monoisotopic (exact) mass is 109 g/mol. The Morgan fingerprint density at radius 2 is 2.25 bits per heavy atom. The summed E-state index contributed by atoms with van der Waals surface area (Å²) in [7, 11) is 0. The minimum absolute atomic E-state index is 0.731. The first kappa shape index (κ1) is 4.42. The van der Waals surface area contributed by atoms with E-state index < -0.39 is 0 Å². The predicted molar refractivity (Wildman–Crippen MR) is 33.4 cm³/mol. The third-order valence-corrected chi connectivity index (χ3v) is 2.22. The molecule has 1 aliphatic heterocycles. The molecular weight excluding hydrogens is 98.1 g/mol. The molecule has 0 aromatic heterocycles. The molecule has 0 aromatic rings. The van der Waals surface area contributed by atoms with Gasteiger partial charge in [0.15, 0.2) is 0 Å². The van der Waals surface area contributed by atoms with E-state index in [1.54, 1.807) is 0 Å². The third kappa shape index (κ3) is 0.540. The van der Waals surface area contributed by atoms with Crippen molar-refractivity contribution < 1.29 is 0 Å². The Bertz CT molecular complexity index is 122. The van der Waals surface area contributed by atoms with Crippen LogP contribution in [0.1, 0.15) is 19.3 Å². The van der Waals surface area contributed by atoms with Gasteiger partial charge in [0.05, 0.1) is 0 Å². The van der Waals surface area contributed by atoms with Crippen molar-refractivity contribution in [1.82, 2.24) is 5.32 Å². The maximum Gasteiger partial charge on any atom is 0.0200 e. The molecule has 0 radical (unpaired) electrons. The molecule has 0 atom stereocenters. The average molecular weight is 109 g/mol. The molecule has 2 aliphatic rings. The molecule has 0 bridgehead atoms. The van der Waals surface area contributed by atoms with Crippen LogP contribution in [0.3, 0.4) is 0 Å². The van der Waals surface area contributed by atoms with Gasteiger partial charge in [-0.25, -0.2) is 0 Å². The lowest BCUT2D eigenvalue weighted by Crippen LogP contribution is -2.22. The van der Waals surface area contributed by atoms with Crippen molar-refractivity contribution in [1.29, 1.82) is 0 Å². The van der Waals surface area contributed by atoms with Gasteiger partial charge in [0.25, 0.3) is 0 Å². The first-order valence-corrected chi connectivity index (χ1v) is 3.30. The molecule has 0 unspecified atom stereocenters. The van der Waals surface area contributed by atoms with Crippen molar-refractivity contribution in [3.05, 3.63) is 12.3 Å². The molecule has 1 aliphatic carbocycles. The maximum absolute atomic E-state index is 3.26. The van der Waals surface area contributed by atoms with Gasteiger partial charge < -0.3 is 5.32 Å². The van der Waals surface area contributed by atoms with E-state index in [0.717, 1.165) is 5.41 Å². The zero-order valence-electron chi connectivity index (χ0n) is 4.98. The molecule has 2 rings (SSSR count). The lowest BCUT2D eigenvalue weighted by molar-refractivity contribution is 0.477. The van der Waals surface area contributed by atoms with E-state index in [-0.39, 0.29) is 0 Å². The number of allylic oxidation sites excluding steroid dienone is 1. The quantitative estimate of drug-likeness (QED) is 0.494. The number of nitrogens with one attached hydrogen (secondary N) is 1. The lowest BCUT2D eigenvalue weighted by atomic mass is 10.0. The summed E-state index contributed by atoms with van der Waals surface area (Å²) in [6.07, 6.45) is 8.54. The van der Waals surface area contributed by atoms with Crippen molar-refractivity contribution in [2.45, 2.75) is 19.3 Å². The van der Waals surface area contributed by atoms with E-state index in [0.29, 0.717) is 0 Å². The van der Waals surface area contributed by atoms with Crippen molar-refractivity contribution in [2.24, 2.45) is 5.41 Å². The van der Waals surface area contributed by atoms with Crippen LogP contribution in [0.15, 0.2) is 12.3 Å². The zero-order chi connectivity index (χ0) is 5.45. The smallest absolute Gasteiger partial charge is 0.0200 e. The molecule has 0 aromatic carbocycles. The first-order valence-electron chi connectivity index (χ1n) is 3.30.